The molecule has 0 saturated heterocycles. The molecule has 0 saturated carbocycles. The molecule has 1 amide bonds. The number of carbonyl (C=O) groups is 1. The van der Waals surface area contributed by atoms with Crippen LogP contribution < -0.4 is 10.6 Å². The molecule has 0 radical (unpaired) electrons. The molecule has 0 aliphatic heterocycles. The van der Waals surface area contributed by atoms with Crippen LogP contribution in [0.3, 0.4) is 0 Å². The maximum atomic E-state index is 11.7. The number of amides is 1. The van der Waals surface area contributed by atoms with Gasteiger partial charge < -0.3 is 15.1 Å². The molecule has 3 heterocycles. The van der Waals surface area contributed by atoms with Crippen LogP contribution in [0.4, 0.5) is 5.82 Å². The molecular weight excluding hydrogens is 332 g/mol. The highest BCUT2D eigenvalue weighted by atomic mass is 16.3. The van der Waals surface area contributed by atoms with Gasteiger partial charge >= 0.3 is 0 Å². The van der Waals surface area contributed by atoms with E-state index in [4.69, 9.17) is 4.42 Å². The number of imidazole rings is 1. The van der Waals surface area contributed by atoms with Crippen LogP contribution in [-0.2, 0) is 4.79 Å². The minimum absolute atomic E-state index is 0.184. The van der Waals surface area contributed by atoms with Crippen LogP contribution in [0, 0.1) is 13.8 Å². The van der Waals surface area contributed by atoms with Gasteiger partial charge in [0, 0.05) is 37.6 Å². The third kappa shape index (κ3) is 4.56. The molecule has 26 heavy (non-hydrogen) atoms. The molecule has 0 spiro atoms. The Morgan fingerprint density at radius 3 is 2.92 bits per heavy atom. The van der Waals surface area contributed by atoms with Crippen molar-refractivity contribution in [2.45, 2.75) is 13.8 Å². The summed E-state index contributed by atoms with van der Waals surface area (Å²) in [6, 6.07) is 5.40. The topological polar surface area (TPSA) is 97.9 Å². The lowest BCUT2D eigenvalue weighted by Gasteiger charge is -2.10. The fraction of sp³-hybridized carbons (Fsp3) is 0.222. The van der Waals surface area contributed by atoms with Gasteiger partial charge in [-0.2, -0.15) is 0 Å². The van der Waals surface area contributed by atoms with Gasteiger partial charge in [-0.05, 0) is 32.1 Å². The van der Waals surface area contributed by atoms with E-state index in [-0.39, 0.29) is 5.91 Å². The van der Waals surface area contributed by atoms with E-state index in [2.05, 4.69) is 25.6 Å². The first-order valence-electron chi connectivity index (χ1n) is 8.21. The van der Waals surface area contributed by atoms with Crippen molar-refractivity contribution in [1.82, 2.24) is 24.8 Å². The first-order valence-corrected chi connectivity index (χ1v) is 8.21. The number of aromatic nitrogens is 4. The zero-order valence-electron chi connectivity index (χ0n) is 14.6. The quantitative estimate of drug-likeness (QED) is 0.499. The van der Waals surface area contributed by atoms with Crippen molar-refractivity contribution in [1.29, 1.82) is 0 Å². The summed E-state index contributed by atoms with van der Waals surface area (Å²) in [5.74, 6) is 3.41. The maximum absolute atomic E-state index is 11.7. The molecule has 0 aromatic carbocycles. The summed E-state index contributed by atoms with van der Waals surface area (Å²) in [4.78, 5) is 24.7. The van der Waals surface area contributed by atoms with E-state index in [1.807, 2.05) is 30.7 Å². The lowest BCUT2D eigenvalue weighted by atomic mass is 10.4. The summed E-state index contributed by atoms with van der Waals surface area (Å²) in [5.41, 5.74) is 0. The van der Waals surface area contributed by atoms with Crippen molar-refractivity contribution >= 4 is 17.8 Å². The van der Waals surface area contributed by atoms with E-state index in [1.165, 1.54) is 6.08 Å². The van der Waals surface area contributed by atoms with Crippen LogP contribution in [0.5, 0.6) is 0 Å². The number of hydrogen-bond acceptors (Lipinski definition) is 6. The molecule has 0 unspecified atom stereocenters. The number of nitrogens with one attached hydrogen (secondary N) is 2. The highest BCUT2D eigenvalue weighted by molar-refractivity contribution is 5.91. The summed E-state index contributed by atoms with van der Waals surface area (Å²) in [5, 5.41) is 5.98. The van der Waals surface area contributed by atoms with Gasteiger partial charge in [0.25, 0.3) is 0 Å². The Labute approximate surface area is 151 Å². The molecule has 3 aromatic rings. The Kier molecular flexibility index (Phi) is 5.43. The predicted octanol–water partition coefficient (Wildman–Crippen LogP) is 2.11. The number of hydrogen-bond donors (Lipinski definition) is 2. The second-order valence-electron chi connectivity index (χ2n) is 5.57. The molecule has 3 rings (SSSR count). The van der Waals surface area contributed by atoms with Crippen LogP contribution >= 0.6 is 0 Å². The number of nitrogens with zero attached hydrogens (tertiary/aromatic N) is 4. The van der Waals surface area contributed by atoms with Crippen LogP contribution in [0.1, 0.15) is 17.4 Å². The van der Waals surface area contributed by atoms with Gasteiger partial charge in [0.2, 0.25) is 5.91 Å². The van der Waals surface area contributed by atoms with E-state index in [0.717, 1.165) is 11.6 Å². The molecule has 8 nitrogen and oxygen atoms in total. The van der Waals surface area contributed by atoms with Crippen molar-refractivity contribution in [3.05, 3.63) is 60.3 Å². The Balaban J connectivity index is 1.51. The highest BCUT2D eigenvalue weighted by Crippen LogP contribution is 2.12. The first-order chi connectivity index (χ1) is 12.6. The summed E-state index contributed by atoms with van der Waals surface area (Å²) < 4.78 is 7.02. The molecule has 8 heteroatoms. The minimum atomic E-state index is -0.184. The molecule has 2 N–H and O–H groups in total. The largest absolute Gasteiger partial charge is 0.465 e. The van der Waals surface area contributed by atoms with Gasteiger partial charge in [0.15, 0.2) is 0 Å². The second-order valence-corrected chi connectivity index (χ2v) is 5.57. The third-order valence-corrected chi connectivity index (χ3v) is 3.57. The third-order valence-electron chi connectivity index (χ3n) is 3.57. The maximum Gasteiger partial charge on any atom is 0.244 e. The van der Waals surface area contributed by atoms with Gasteiger partial charge in [-0.25, -0.2) is 15.0 Å². The number of rotatable bonds is 7. The lowest BCUT2D eigenvalue weighted by Crippen LogP contribution is -2.27. The Morgan fingerprint density at radius 2 is 2.19 bits per heavy atom. The van der Waals surface area contributed by atoms with E-state index in [0.29, 0.717) is 30.5 Å². The van der Waals surface area contributed by atoms with E-state index >= 15 is 0 Å². The highest BCUT2D eigenvalue weighted by Gasteiger charge is 2.06. The van der Waals surface area contributed by atoms with Crippen molar-refractivity contribution in [2.75, 3.05) is 18.4 Å². The van der Waals surface area contributed by atoms with E-state index < -0.39 is 0 Å². The van der Waals surface area contributed by atoms with Crippen molar-refractivity contribution in [2.24, 2.45) is 0 Å². The SMILES string of the molecule is Cc1nc(NCCNC(=O)/C=C/c2ccco2)cc(-n2ccnc2C)n1. The number of carbonyl (C=O) groups excluding carboxylic acids is 1. The van der Waals surface area contributed by atoms with Crippen LogP contribution in [0.2, 0.25) is 0 Å². The molecule has 0 fully saturated rings. The fourth-order valence-electron chi connectivity index (χ4n) is 2.37. The number of anilines is 1. The van der Waals surface area contributed by atoms with Gasteiger partial charge in [-0.3, -0.25) is 9.36 Å². The molecule has 0 atom stereocenters. The molecule has 3 aromatic heterocycles. The first kappa shape index (κ1) is 17.4. The number of aryl methyl sites for hydroxylation is 2. The Bertz CT molecular complexity index is 898. The summed E-state index contributed by atoms with van der Waals surface area (Å²) in [6.45, 7) is 4.75. The summed E-state index contributed by atoms with van der Waals surface area (Å²) in [7, 11) is 0. The molecule has 134 valence electrons. The van der Waals surface area contributed by atoms with Gasteiger partial charge in [-0.1, -0.05) is 0 Å². The minimum Gasteiger partial charge on any atom is -0.465 e. The van der Waals surface area contributed by atoms with Crippen molar-refractivity contribution < 1.29 is 9.21 Å². The van der Waals surface area contributed by atoms with Crippen molar-refractivity contribution in [3.63, 3.8) is 0 Å². The molecule has 0 bridgehead atoms. The molecule has 0 aliphatic rings. The van der Waals surface area contributed by atoms with Gasteiger partial charge in [0.1, 0.15) is 29.0 Å². The smallest absolute Gasteiger partial charge is 0.244 e. The van der Waals surface area contributed by atoms with E-state index in [9.17, 15) is 4.79 Å². The van der Waals surface area contributed by atoms with Gasteiger partial charge in [-0.15, -0.1) is 0 Å². The lowest BCUT2D eigenvalue weighted by molar-refractivity contribution is -0.116. The van der Waals surface area contributed by atoms with Crippen molar-refractivity contribution in [3.8, 4) is 5.82 Å². The van der Waals surface area contributed by atoms with Crippen LogP contribution in [0.25, 0.3) is 11.9 Å². The summed E-state index contributed by atoms with van der Waals surface area (Å²) >= 11 is 0. The predicted molar refractivity (Wildman–Crippen MR) is 97.9 cm³/mol. The normalized spacial score (nSPS) is 11.0. The average molecular weight is 352 g/mol. The molecular formula is C18H20N6O2. The Morgan fingerprint density at radius 1 is 1.31 bits per heavy atom. The molecule has 0 aliphatic carbocycles. The van der Waals surface area contributed by atoms with E-state index in [1.54, 1.807) is 30.7 Å². The standard InChI is InChI=1S/C18H20N6O2/c1-13-22-16(12-17(23-13)24-10-9-19-14(24)2)20-7-8-21-18(25)6-5-15-4-3-11-26-15/h3-6,9-12H,7-8H2,1-2H3,(H,21,25)(H,20,22,23)/b6-5+. The van der Waals surface area contributed by atoms with Gasteiger partial charge in [0.05, 0.1) is 6.26 Å². The van der Waals surface area contributed by atoms with Crippen LogP contribution in [0.15, 0.2) is 47.3 Å². The Hall–Kier alpha value is -3.42. The van der Waals surface area contributed by atoms with Crippen LogP contribution in [-0.4, -0.2) is 38.5 Å². The zero-order valence-corrected chi connectivity index (χ0v) is 14.6. The average Bonchev–Trinajstić information content (AvgIpc) is 3.28. The monoisotopic (exact) mass is 352 g/mol. The fourth-order valence-corrected chi connectivity index (χ4v) is 2.37. The summed E-state index contributed by atoms with van der Waals surface area (Å²) in [6.07, 6.45) is 8.20. The number of furan rings is 1. The second kappa shape index (κ2) is 8.11. The zero-order chi connectivity index (χ0) is 18.4.